The standard InChI is InChI=1S/C12H19N3O2S2/c1-4-7-15(9-8-14(2)3)19(16,17)12-6-5-11(10-13)18-12/h5-6H,4,7-9H2,1-3H3. The Balaban J connectivity index is 2.95. The van der Waals surface area contributed by atoms with Gasteiger partial charge in [-0.3, -0.25) is 0 Å². The molecule has 0 bridgehead atoms. The van der Waals surface area contributed by atoms with E-state index in [1.54, 1.807) is 6.07 Å². The van der Waals surface area contributed by atoms with Gasteiger partial charge in [0.1, 0.15) is 15.2 Å². The van der Waals surface area contributed by atoms with Crippen LogP contribution in [0.5, 0.6) is 0 Å². The Kier molecular flexibility index (Phi) is 5.94. The zero-order valence-electron chi connectivity index (χ0n) is 11.5. The van der Waals surface area contributed by atoms with E-state index in [0.717, 1.165) is 17.8 Å². The van der Waals surface area contributed by atoms with Crippen molar-refractivity contribution in [3.63, 3.8) is 0 Å². The second kappa shape index (κ2) is 7.01. The number of thiophene rings is 1. The van der Waals surface area contributed by atoms with Crippen LogP contribution in [0.2, 0.25) is 0 Å². The first-order valence-electron chi connectivity index (χ1n) is 6.06. The summed E-state index contributed by atoms with van der Waals surface area (Å²) < 4.78 is 26.7. The van der Waals surface area contributed by atoms with Crippen molar-refractivity contribution >= 4 is 21.4 Å². The fraction of sp³-hybridized carbons (Fsp3) is 0.583. The minimum atomic E-state index is -3.47. The lowest BCUT2D eigenvalue weighted by Crippen LogP contribution is -2.36. The van der Waals surface area contributed by atoms with Gasteiger partial charge < -0.3 is 4.90 Å². The molecule has 1 rings (SSSR count). The van der Waals surface area contributed by atoms with Crippen LogP contribution in [0.1, 0.15) is 18.2 Å². The smallest absolute Gasteiger partial charge is 0.252 e. The van der Waals surface area contributed by atoms with E-state index in [1.165, 1.54) is 10.4 Å². The molecule has 0 N–H and O–H groups in total. The van der Waals surface area contributed by atoms with Gasteiger partial charge in [-0.2, -0.15) is 9.57 Å². The maximum atomic E-state index is 12.5. The molecule has 19 heavy (non-hydrogen) atoms. The second-order valence-corrected chi connectivity index (χ2v) is 7.69. The minimum Gasteiger partial charge on any atom is -0.308 e. The first-order valence-corrected chi connectivity index (χ1v) is 8.32. The third-order valence-electron chi connectivity index (χ3n) is 2.56. The van der Waals surface area contributed by atoms with Crippen LogP contribution < -0.4 is 0 Å². The van der Waals surface area contributed by atoms with Crippen LogP contribution >= 0.6 is 11.3 Å². The second-order valence-electron chi connectivity index (χ2n) is 4.44. The predicted octanol–water partition coefficient (Wildman–Crippen LogP) is 1.58. The van der Waals surface area contributed by atoms with E-state index in [9.17, 15) is 8.42 Å². The van der Waals surface area contributed by atoms with Crippen molar-refractivity contribution in [3.05, 3.63) is 17.0 Å². The summed E-state index contributed by atoms with van der Waals surface area (Å²) in [4.78, 5) is 2.37. The van der Waals surface area contributed by atoms with Crippen molar-refractivity contribution in [2.75, 3.05) is 33.7 Å². The molecule has 0 saturated carbocycles. The van der Waals surface area contributed by atoms with Gasteiger partial charge in [0, 0.05) is 19.6 Å². The van der Waals surface area contributed by atoms with Gasteiger partial charge in [-0.25, -0.2) is 8.42 Å². The lowest BCUT2D eigenvalue weighted by Gasteiger charge is -2.22. The van der Waals surface area contributed by atoms with Crippen LogP contribution in [0, 0.1) is 11.3 Å². The highest BCUT2D eigenvalue weighted by molar-refractivity contribution is 7.91. The number of sulfonamides is 1. The van der Waals surface area contributed by atoms with Crippen LogP contribution in [0.15, 0.2) is 16.3 Å². The molecule has 5 nitrogen and oxygen atoms in total. The van der Waals surface area contributed by atoms with Crippen molar-refractivity contribution < 1.29 is 8.42 Å². The Morgan fingerprint density at radius 1 is 1.26 bits per heavy atom. The number of hydrogen-bond acceptors (Lipinski definition) is 5. The van der Waals surface area contributed by atoms with E-state index in [-0.39, 0.29) is 4.21 Å². The SMILES string of the molecule is CCCN(CCN(C)C)S(=O)(=O)c1ccc(C#N)s1. The summed E-state index contributed by atoms with van der Waals surface area (Å²) in [6.45, 7) is 3.59. The van der Waals surface area contributed by atoms with Crippen molar-refractivity contribution in [1.82, 2.24) is 9.21 Å². The molecule has 1 aromatic rings. The van der Waals surface area contributed by atoms with E-state index in [1.807, 2.05) is 32.0 Å². The van der Waals surface area contributed by atoms with Gasteiger partial charge in [0.25, 0.3) is 10.0 Å². The van der Waals surface area contributed by atoms with Crippen LogP contribution in [0.4, 0.5) is 0 Å². The van der Waals surface area contributed by atoms with Crippen molar-refractivity contribution in [3.8, 4) is 6.07 Å². The summed E-state index contributed by atoms with van der Waals surface area (Å²) in [6, 6.07) is 5.03. The van der Waals surface area contributed by atoms with E-state index in [0.29, 0.717) is 24.5 Å². The monoisotopic (exact) mass is 301 g/mol. The van der Waals surface area contributed by atoms with Crippen molar-refractivity contribution in [2.24, 2.45) is 0 Å². The normalized spacial score (nSPS) is 12.0. The first-order chi connectivity index (χ1) is 8.91. The Labute approximate surface area is 119 Å². The van der Waals surface area contributed by atoms with Crippen molar-refractivity contribution in [2.45, 2.75) is 17.6 Å². The fourth-order valence-electron chi connectivity index (χ4n) is 1.56. The highest BCUT2D eigenvalue weighted by atomic mass is 32.2. The summed E-state index contributed by atoms with van der Waals surface area (Å²) in [5.74, 6) is 0. The molecule has 0 saturated heterocycles. The Hall–Kier alpha value is -0.940. The summed E-state index contributed by atoms with van der Waals surface area (Å²) in [6.07, 6.45) is 0.767. The Morgan fingerprint density at radius 3 is 2.42 bits per heavy atom. The largest absolute Gasteiger partial charge is 0.308 e. The summed E-state index contributed by atoms with van der Waals surface area (Å²) in [7, 11) is 0.351. The van der Waals surface area contributed by atoms with E-state index in [4.69, 9.17) is 5.26 Å². The van der Waals surface area contributed by atoms with Gasteiger partial charge in [0.05, 0.1) is 0 Å². The quantitative estimate of drug-likeness (QED) is 0.767. The Bertz CT molecular complexity index is 544. The highest BCUT2D eigenvalue weighted by Crippen LogP contribution is 2.24. The topological polar surface area (TPSA) is 64.4 Å². The average molecular weight is 301 g/mol. The van der Waals surface area contributed by atoms with Crippen LogP contribution in [-0.4, -0.2) is 51.4 Å². The maximum absolute atomic E-state index is 12.5. The molecule has 0 unspecified atom stereocenters. The van der Waals surface area contributed by atoms with E-state index in [2.05, 4.69) is 0 Å². The van der Waals surface area contributed by atoms with Crippen LogP contribution in [-0.2, 0) is 10.0 Å². The molecule has 1 heterocycles. The van der Waals surface area contributed by atoms with E-state index < -0.39 is 10.0 Å². The first kappa shape index (κ1) is 16.1. The molecule has 0 spiro atoms. The predicted molar refractivity (Wildman–Crippen MR) is 76.6 cm³/mol. The van der Waals surface area contributed by atoms with Gasteiger partial charge in [-0.1, -0.05) is 6.92 Å². The van der Waals surface area contributed by atoms with Gasteiger partial charge in [0.2, 0.25) is 0 Å². The summed E-state index contributed by atoms with van der Waals surface area (Å²) in [5, 5.41) is 8.78. The molecule has 0 aromatic carbocycles. The number of nitriles is 1. The molecule has 106 valence electrons. The molecule has 0 amide bonds. The van der Waals surface area contributed by atoms with Gasteiger partial charge in [0.15, 0.2) is 0 Å². The summed E-state index contributed by atoms with van der Waals surface area (Å²) >= 11 is 1.02. The number of nitrogens with zero attached hydrogens (tertiary/aromatic N) is 3. The third-order valence-corrected chi connectivity index (χ3v) is 5.91. The van der Waals surface area contributed by atoms with Gasteiger partial charge in [-0.15, -0.1) is 11.3 Å². The van der Waals surface area contributed by atoms with Crippen LogP contribution in [0.3, 0.4) is 0 Å². The minimum absolute atomic E-state index is 0.247. The van der Waals surface area contributed by atoms with Gasteiger partial charge in [-0.05, 0) is 32.6 Å². The number of likely N-dealkylation sites (N-methyl/N-ethyl adjacent to an activating group) is 1. The highest BCUT2D eigenvalue weighted by Gasteiger charge is 2.25. The lowest BCUT2D eigenvalue weighted by atomic mass is 10.4. The maximum Gasteiger partial charge on any atom is 0.252 e. The summed E-state index contributed by atoms with van der Waals surface area (Å²) in [5.41, 5.74) is 0. The molecule has 0 aliphatic heterocycles. The fourth-order valence-corrected chi connectivity index (χ4v) is 4.34. The molecule has 1 aromatic heterocycles. The molecule has 0 fully saturated rings. The Morgan fingerprint density at radius 2 is 1.95 bits per heavy atom. The van der Waals surface area contributed by atoms with Gasteiger partial charge >= 0.3 is 0 Å². The molecule has 7 heteroatoms. The van der Waals surface area contributed by atoms with Crippen LogP contribution in [0.25, 0.3) is 0 Å². The lowest BCUT2D eigenvalue weighted by molar-refractivity contribution is 0.333. The molecule has 0 radical (unpaired) electrons. The van der Waals surface area contributed by atoms with Crippen molar-refractivity contribution in [1.29, 1.82) is 5.26 Å². The molecule has 0 aliphatic carbocycles. The zero-order chi connectivity index (χ0) is 14.5. The molecular formula is C12H19N3O2S2. The number of hydrogen-bond donors (Lipinski definition) is 0. The third kappa shape index (κ3) is 4.28. The van der Waals surface area contributed by atoms with E-state index >= 15 is 0 Å². The molecular weight excluding hydrogens is 282 g/mol. The number of rotatable bonds is 7. The molecule has 0 atom stereocenters. The molecule has 0 aliphatic rings. The zero-order valence-corrected chi connectivity index (χ0v) is 13.1. The average Bonchev–Trinajstić information content (AvgIpc) is 2.83.